The summed E-state index contributed by atoms with van der Waals surface area (Å²) in [5.74, 6) is -0.155. The van der Waals surface area contributed by atoms with Gasteiger partial charge in [-0.1, -0.05) is 41.9 Å². The highest BCUT2D eigenvalue weighted by atomic mass is 35.5. The molecule has 2 amide bonds. The third kappa shape index (κ3) is 2.99. The number of hydrogen-bond donors (Lipinski definition) is 2. The maximum atomic E-state index is 13.3. The minimum absolute atomic E-state index is 0.00983. The summed E-state index contributed by atoms with van der Waals surface area (Å²) in [6.07, 6.45) is 0.929. The molecule has 3 aromatic rings. The Morgan fingerprint density at radius 3 is 2.77 bits per heavy atom. The largest absolute Gasteiger partial charge is 0.396 e. The molecule has 2 N–H and O–H groups in total. The number of H-pyrrole nitrogens is 1. The number of aliphatic hydroxyl groups excluding tert-OH is 1. The number of carbonyl (C=O) groups is 2. The molecule has 5 rings (SSSR count). The van der Waals surface area contributed by atoms with E-state index in [9.17, 15) is 9.59 Å². The normalized spacial score (nSPS) is 21.1. The molecule has 0 radical (unpaired) electrons. The molecule has 0 aliphatic carbocycles. The van der Waals surface area contributed by atoms with Crippen molar-refractivity contribution in [1.82, 2.24) is 14.8 Å². The van der Waals surface area contributed by atoms with Crippen LogP contribution in [0.5, 0.6) is 0 Å². The number of piperazine rings is 1. The van der Waals surface area contributed by atoms with E-state index >= 15 is 0 Å². The zero-order chi connectivity index (χ0) is 20.8. The van der Waals surface area contributed by atoms with Gasteiger partial charge in [-0.05, 0) is 35.7 Å². The van der Waals surface area contributed by atoms with Crippen LogP contribution in [0.4, 0.5) is 0 Å². The Morgan fingerprint density at radius 1 is 1.13 bits per heavy atom. The molecule has 1 saturated heterocycles. The average Bonchev–Trinajstić information content (AvgIpc) is 3.12. The van der Waals surface area contributed by atoms with Gasteiger partial charge in [-0.25, -0.2) is 0 Å². The van der Waals surface area contributed by atoms with E-state index in [1.807, 2.05) is 42.5 Å². The Hall–Kier alpha value is -2.83. The van der Waals surface area contributed by atoms with Crippen LogP contribution in [0.15, 0.2) is 48.5 Å². The third-order valence-corrected chi connectivity index (χ3v) is 6.33. The number of amides is 2. The Kier molecular flexibility index (Phi) is 4.76. The van der Waals surface area contributed by atoms with Crippen LogP contribution in [-0.4, -0.2) is 57.4 Å². The van der Waals surface area contributed by atoms with Crippen molar-refractivity contribution in [3.63, 3.8) is 0 Å². The average molecular weight is 424 g/mol. The van der Waals surface area contributed by atoms with E-state index in [1.54, 1.807) is 15.9 Å². The molecule has 2 aliphatic rings. The molecular weight excluding hydrogens is 402 g/mol. The number of aromatic nitrogens is 1. The Labute approximate surface area is 179 Å². The highest BCUT2D eigenvalue weighted by molar-refractivity contribution is 6.30. The van der Waals surface area contributed by atoms with E-state index in [0.29, 0.717) is 24.4 Å². The summed E-state index contributed by atoms with van der Waals surface area (Å²) in [5.41, 5.74) is 3.89. The second kappa shape index (κ2) is 7.45. The van der Waals surface area contributed by atoms with Gasteiger partial charge >= 0.3 is 0 Å². The van der Waals surface area contributed by atoms with Gasteiger partial charge in [0.25, 0.3) is 0 Å². The minimum atomic E-state index is -0.569. The molecule has 1 fully saturated rings. The van der Waals surface area contributed by atoms with E-state index in [2.05, 4.69) is 4.98 Å². The maximum Gasteiger partial charge on any atom is 0.246 e. The van der Waals surface area contributed by atoms with Crippen LogP contribution in [0, 0.1) is 0 Å². The number of nitrogens with one attached hydrogen (secondary N) is 1. The molecular formula is C23H22ClN3O3. The van der Waals surface area contributed by atoms with Gasteiger partial charge in [-0.3, -0.25) is 9.59 Å². The van der Waals surface area contributed by atoms with Gasteiger partial charge in [0, 0.05) is 41.2 Å². The van der Waals surface area contributed by atoms with Crippen molar-refractivity contribution in [3.05, 3.63) is 70.4 Å². The lowest BCUT2D eigenvalue weighted by atomic mass is 9.86. The van der Waals surface area contributed by atoms with Crippen LogP contribution in [0.3, 0.4) is 0 Å². The van der Waals surface area contributed by atoms with Crippen LogP contribution in [0.2, 0.25) is 5.02 Å². The fourth-order valence-electron chi connectivity index (χ4n) is 4.80. The zero-order valence-corrected chi connectivity index (χ0v) is 17.1. The number of hydrogen-bond acceptors (Lipinski definition) is 3. The monoisotopic (exact) mass is 423 g/mol. The van der Waals surface area contributed by atoms with Gasteiger partial charge < -0.3 is 19.9 Å². The first-order valence-corrected chi connectivity index (χ1v) is 10.5. The molecule has 0 saturated carbocycles. The molecule has 0 spiro atoms. The molecule has 0 unspecified atom stereocenters. The minimum Gasteiger partial charge on any atom is -0.396 e. The maximum absolute atomic E-state index is 13.3. The second-order valence-electron chi connectivity index (χ2n) is 7.88. The van der Waals surface area contributed by atoms with Crippen LogP contribution >= 0.6 is 11.6 Å². The second-order valence-corrected chi connectivity index (χ2v) is 8.31. The summed E-state index contributed by atoms with van der Waals surface area (Å²) in [7, 11) is 0. The standard InChI is InChI=1S/C23H22ClN3O3/c24-15-6-3-5-14(11-15)22-21-17(16-7-1-2-8-18(16)25-21)12-19-23(30)26(9-4-10-28)13-20(29)27(19)22/h1-3,5-8,11,19,22,25,28H,4,9-10,12-13H2/t19-,22+/m0/s1. The number of aromatic amines is 1. The van der Waals surface area contributed by atoms with Gasteiger partial charge in [0.2, 0.25) is 11.8 Å². The van der Waals surface area contributed by atoms with Gasteiger partial charge in [0.15, 0.2) is 0 Å². The first-order chi connectivity index (χ1) is 14.6. The Bertz CT molecular complexity index is 1140. The summed E-state index contributed by atoms with van der Waals surface area (Å²) in [4.78, 5) is 33.4. The predicted molar refractivity (Wildman–Crippen MR) is 114 cm³/mol. The smallest absolute Gasteiger partial charge is 0.246 e. The molecule has 3 heterocycles. The van der Waals surface area contributed by atoms with Crippen molar-refractivity contribution in [2.24, 2.45) is 0 Å². The van der Waals surface area contributed by atoms with E-state index < -0.39 is 12.1 Å². The van der Waals surface area contributed by atoms with Crippen LogP contribution in [0.1, 0.15) is 29.3 Å². The van der Waals surface area contributed by atoms with Crippen molar-refractivity contribution in [2.45, 2.75) is 24.9 Å². The first-order valence-electron chi connectivity index (χ1n) is 10.1. The summed E-state index contributed by atoms with van der Waals surface area (Å²) in [5, 5.41) is 10.8. The van der Waals surface area contributed by atoms with E-state index in [4.69, 9.17) is 16.7 Å². The van der Waals surface area contributed by atoms with E-state index in [-0.39, 0.29) is 25.0 Å². The van der Waals surface area contributed by atoms with Crippen molar-refractivity contribution < 1.29 is 14.7 Å². The number of nitrogens with zero attached hydrogens (tertiary/aromatic N) is 2. The molecule has 2 aromatic carbocycles. The summed E-state index contributed by atoms with van der Waals surface area (Å²) in [6, 6.07) is 14.5. The zero-order valence-electron chi connectivity index (χ0n) is 16.3. The number of halogens is 1. The molecule has 154 valence electrons. The predicted octanol–water partition coefficient (Wildman–Crippen LogP) is 2.89. The van der Waals surface area contributed by atoms with Gasteiger partial charge in [-0.15, -0.1) is 0 Å². The van der Waals surface area contributed by atoms with Gasteiger partial charge in [-0.2, -0.15) is 0 Å². The third-order valence-electron chi connectivity index (χ3n) is 6.09. The van der Waals surface area contributed by atoms with Crippen LogP contribution < -0.4 is 0 Å². The molecule has 30 heavy (non-hydrogen) atoms. The van der Waals surface area contributed by atoms with Crippen molar-refractivity contribution in [1.29, 1.82) is 0 Å². The van der Waals surface area contributed by atoms with Crippen molar-refractivity contribution >= 4 is 34.3 Å². The molecule has 7 heteroatoms. The van der Waals surface area contributed by atoms with Gasteiger partial charge in [0.05, 0.1) is 12.6 Å². The topological polar surface area (TPSA) is 76.6 Å². The number of para-hydroxylation sites is 1. The van der Waals surface area contributed by atoms with E-state index in [1.165, 1.54) is 0 Å². The fraction of sp³-hybridized carbons (Fsp3) is 0.304. The van der Waals surface area contributed by atoms with E-state index in [0.717, 1.165) is 27.7 Å². The van der Waals surface area contributed by atoms with Crippen molar-refractivity contribution in [3.8, 4) is 0 Å². The summed E-state index contributed by atoms with van der Waals surface area (Å²) < 4.78 is 0. The number of carbonyl (C=O) groups excluding carboxylic acids is 2. The lowest BCUT2D eigenvalue weighted by Gasteiger charge is -2.47. The quantitative estimate of drug-likeness (QED) is 0.677. The summed E-state index contributed by atoms with van der Waals surface area (Å²) in [6.45, 7) is 0.403. The SMILES string of the molecule is O=C1[C@@H]2Cc3c([nH]c4ccccc34)[C@@H](c3cccc(Cl)c3)N2C(=O)CN1CCCO. The lowest BCUT2D eigenvalue weighted by Crippen LogP contribution is -2.63. The molecule has 0 bridgehead atoms. The number of benzene rings is 2. The highest BCUT2D eigenvalue weighted by Crippen LogP contribution is 2.42. The lowest BCUT2D eigenvalue weighted by molar-refractivity contribution is -0.158. The van der Waals surface area contributed by atoms with Crippen molar-refractivity contribution in [2.75, 3.05) is 19.7 Å². The van der Waals surface area contributed by atoms with Crippen LogP contribution in [0.25, 0.3) is 10.9 Å². The molecule has 1 aromatic heterocycles. The van der Waals surface area contributed by atoms with Crippen LogP contribution in [-0.2, 0) is 16.0 Å². The first kappa shape index (κ1) is 19.2. The number of fused-ring (bicyclic) bond motifs is 4. The fourth-order valence-corrected chi connectivity index (χ4v) is 5.00. The molecule has 6 nitrogen and oxygen atoms in total. The number of rotatable bonds is 4. The Balaban J connectivity index is 1.67. The summed E-state index contributed by atoms with van der Waals surface area (Å²) >= 11 is 6.28. The Morgan fingerprint density at radius 2 is 1.97 bits per heavy atom. The molecule has 2 atom stereocenters. The molecule has 2 aliphatic heterocycles. The highest BCUT2D eigenvalue weighted by Gasteiger charge is 2.48. The number of aliphatic hydroxyl groups is 1. The van der Waals surface area contributed by atoms with Gasteiger partial charge in [0.1, 0.15) is 6.04 Å².